The molecule has 1 aromatic heterocycles. The highest BCUT2D eigenvalue weighted by Gasteiger charge is 2.13. The van der Waals surface area contributed by atoms with Gasteiger partial charge in [-0.2, -0.15) is 10.4 Å². The summed E-state index contributed by atoms with van der Waals surface area (Å²) in [6, 6.07) is 24.8. The monoisotopic (exact) mass is 479 g/mol. The number of aromatic nitrogens is 2. The third kappa shape index (κ3) is 5.63. The lowest BCUT2D eigenvalue weighted by molar-refractivity contribution is 0.0919. The number of benzene rings is 3. The van der Waals surface area contributed by atoms with Crippen molar-refractivity contribution >= 4 is 17.9 Å². The molecule has 0 aliphatic heterocycles. The fourth-order valence-electron chi connectivity index (χ4n) is 3.34. The molecule has 0 fully saturated rings. The van der Waals surface area contributed by atoms with Gasteiger partial charge in [0.25, 0.3) is 5.56 Å². The van der Waals surface area contributed by atoms with E-state index in [9.17, 15) is 14.9 Å². The summed E-state index contributed by atoms with van der Waals surface area (Å²) in [5, 5.41) is 13.5. The largest absolute Gasteiger partial charge is 0.493 e. The minimum Gasteiger partial charge on any atom is -0.493 e. The highest BCUT2D eigenvalue weighted by molar-refractivity contribution is 5.97. The number of nitrogens with one attached hydrogen (secondary N) is 2. The van der Waals surface area contributed by atoms with Crippen LogP contribution < -0.4 is 20.5 Å². The van der Waals surface area contributed by atoms with Crippen LogP contribution in [0.15, 0.2) is 88.8 Å². The zero-order chi connectivity index (χ0) is 25.3. The molecule has 0 radical (unpaired) electrons. The number of hydrazone groups is 1. The van der Waals surface area contributed by atoms with Crippen LogP contribution in [0, 0.1) is 11.3 Å². The predicted molar refractivity (Wildman–Crippen MR) is 135 cm³/mol. The van der Waals surface area contributed by atoms with E-state index in [1.54, 1.807) is 66.7 Å². The summed E-state index contributed by atoms with van der Waals surface area (Å²) < 4.78 is 11.0. The van der Waals surface area contributed by atoms with Crippen LogP contribution in [0.3, 0.4) is 0 Å². The number of anilines is 1. The number of carbonyl (C=O) groups excluding carboxylic acids is 1. The SMILES string of the molecule is COc1cc(C=NNc2nc(-c3ccccc3)c(C#N)c(=O)[nH]2)ccc1OCC(=O)c1ccccc1. The van der Waals surface area contributed by atoms with E-state index in [0.717, 1.165) is 0 Å². The molecule has 0 saturated carbocycles. The minimum absolute atomic E-state index is 0.0817. The van der Waals surface area contributed by atoms with Crippen molar-refractivity contribution in [2.75, 3.05) is 19.1 Å². The highest BCUT2D eigenvalue weighted by Crippen LogP contribution is 2.28. The normalized spacial score (nSPS) is 10.6. The van der Waals surface area contributed by atoms with Gasteiger partial charge in [0.1, 0.15) is 11.6 Å². The number of carbonyl (C=O) groups is 1. The summed E-state index contributed by atoms with van der Waals surface area (Å²) in [6.45, 7) is -0.128. The van der Waals surface area contributed by atoms with Gasteiger partial charge >= 0.3 is 0 Å². The zero-order valence-electron chi connectivity index (χ0n) is 19.3. The van der Waals surface area contributed by atoms with Gasteiger partial charge < -0.3 is 9.47 Å². The lowest BCUT2D eigenvalue weighted by Crippen LogP contribution is -2.16. The molecular weight excluding hydrogens is 458 g/mol. The van der Waals surface area contributed by atoms with E-state index >= 15 is 0 Å². The Morgan fingerprint density at radius 2 is 1.81 bits per heavy atom. The molecule has 3 aromatic carbocycles. The molecular formula is C27H21N5O4. The van der Waals surface area contributed by atoms with Crippen LogP contribution in [0.25, 0.3) is 11.3 Å². The Labute approximate surface area is 206 Å². The quantitative estimate of drug-likeness (QED) is 0.211. The Kier molecular flexibility index (Phi) is 7.48. The molecule has 4 rings (SSSR count). The molecule has 0 aliphatic carbocycles. The lowest BCUT2D eigenvalue weighted by atomic mass is 10.1. The van der Waals surface area contributed by atoms with Crippen LogP contribution in [0.1, 0.15) is 21.5 Å². The molecule has 0 aliphatic rings. The zero-order valence-corrected chi connectivity index (χ0v) is 19.3. The lowest BCUT2D eigenvalue weighted by Gasteiger charge is -2.11. The molecule has 0 atom stereocenters. The average Bonchev–Trinajstić information content (AvgIpc) is 2.92. The van der Waals surface area contributed by atoms with E-state index in [4.69, 9.17) is 9.47 Å². The Hall–Kier alpha value is -5.23. The number of hydrogen-bond acceptors (Lipinski definition) is 8. The minimum atomic E-state index is -0.572. The van der Waals surface area contributed by atoms with Crippen LogP contribution in [-0.2, 0) is 0 Å². The molecule has 36 heavy (non-hydrogen) atoms. The molecule has 9 heteroatoms. The standard InChI is InChI=1S/C27H21N5O4/c1-35-24-14-18(12-13-23(24)36-17-22(33)19-8-4-2-5-9-19)16-29-32-27-30-25(20-10-6-3-7-11-20)21(15-28)26(34)31-27/h2-14,16H,17H2,1H3,(H2,30,31,32,34). The maximum Gasteiger partial charge on any atom is 0.270 e. The first kappa shape index (κ1) is 23.9. The van der Waals surface area contributed by atoms with Gasteiger partial charge in [-0.15, -0.1) is 0 Å². The number of nitriles is 1. The maximum absolute atomic E-state index is 12.4. The van der Waals surface area contributed by atoms with E-state index < -0.39 is 5.56 Å². The van der Waals surface area contributed by atoms with Gasteiger partial charge in [0.05, 0.1) is 19.0 Å². The third-order valence-corrected chi connectivity index (χ3v) is 5.10. The molecule has 4 aromatic rings. The summed E-state index contributed by atoms with van der Waals surface area (Å²) >= 11 is 0. The summed E-state index contributed by atoms with van der Waals surface area (Å²) in [5.41, 5.74) is 4.16. The Bertz CT molecular complexity index is 1490. The molecule has 0 amide bonds. The van der Waals surface area contributed by atoms with E-state index in [1.807, 2.05) is 18.2 Å². The van der Waals surface area contributed by atoms with Gasteiger partial charge in [0, 0.05) is 11.1 Å². The van der Waals surface area contributed by atoms with Gasteiger partial charge in [0.15, 0.2) is 23.9 Å². The number of rotatable bonds is 9. The average molecular weight is 479 g/mol. The van der Waals surface area contributed by atoms with Crippen molar-refractivity contribution in [3.63, 3.8) is 0 Å². The first-order valence-electron chi connectivity index (χ1n) is 10.9. The summed E-state index contributed by atoms with van der Waals surface area (Å²) in [4.78, 5) is 31.5. The fourth-order valence-corrected chi connectivity index (χ4v) is 3.34. The van der Waals surface area contributed by atoms with Gasteiger partial charge in [-0.1, -0.05) is 60.7 Å². The van der Waals surface area contributed by atoms with E-state index in [0.29, 0.717) is 28.2 Å². The topological polar surface area (TPSA) is 129 Å². The second-order valence-corrected chi connectivity index (χ2v) is 7.47. The summed E-state index contributed by atoms with van der Waals surface area (Å²) in [7, 11) is 1.50. The van der Waals surface area contributed by atoms with E-state index in [2.05, 4.69) is 20.5 Å². The van der Waals surface area contributed by atoms with Crippen LogP contribution in [0.2, 0.25) is 0 Å². The summed E-state index contributed by atoms with van der Waals surface area (Å²) in [5.74, 6) is 0.778. The van der Waals surface area contributed by atoms with Gasteiger partial charge in [-0.25, -0.2) is 10.4 Å². The first-order chi connectivity index (χ1) is 17.6. The van der Waals surface area contributed by atoms with Crippen LogP contribution in [0.5, 0.6) is 11.5 Å². The molecule has 0 saturated heterocycles. The molecule has 9 nitrogen and oxygen atoms in total. The number of nitrogens with zero attached hydrogens (tertiary/aromatic N) is 3. The van der Waals surface area contributed by atoms with Crippen molar-refractivity contribution in [2.24, 2.45) is 5.10 Å². The highest BCUT2D eigenvalue weighted by atomic mass is 16.5. The summed E-state index contributed by atoms with van der Waals surface area (Å²) in [6.07, 6.45) is 1.50. The van der Waals surface area contributed by atoms with E-state index in [-0.39, 0.29) is 29.6 Å². The fraction of sp³-hybridized carbons (Fsp3) is 0.0741. The molecule has 178 valence electrons. The third-order valence-electron chi connectivity index (χ3n) is 5.10. The first-order valence-corrected chi connectivity index (χ1v) is 10.9. The van der Waals surface area contributed by atoms with Crippen LogP contribution in [0.4, 0.5) is 5.95 Å². The van der Waals surface area contributed by atoms with Crippen molar-refractivity contribution in [3.8, 4) is 28.8 Å². The van der Waals surface area contributed by atoms with Gasteiger partial charge in [-0.3, -0.25) is 14.6 Å². The maximum atomic E-state index is 12.4. The van der Waals surface area contributed by atoms with Crippen molar-refractivity contribution in [1.29, 1.82) is 5.26 Å². The Morgan fingerprint density at radius 3 is 2.50 bits per heavy atom. The second kappa shape index (κ2) is 11.3. The predicted octanol–water partition coefficient (Wildman–Crippen LogP) is 4.02. The number of methoxy groups -OCH3 is 1. The van der Waals surface area contributed by atoms with Crippen molar-refractivity contribution in [2.45, 2.75) is 0 Å². The molecule has 2 N–H and O–H groups in total. The number of hydrogen-bond donors (Lipinski definition) is 2. The number of H-pyrrole nitrogens is 1. The Morgan fingerprint density at radius 1 is 1.08 bits per heavy atom. The molecule has 0 unspecified atom stereocenters. The van der Waals surface area contributed by atoms with Crippen LogP contribution in [-0.4, -0.2) is 35.7 Å². The molecule has 0 bridgehead atoms. The van der Waals surface area contributed by atoms with Gasteiger partial charge in [0.2, 0.25) is 5.95 Å². The number of aromatic amines is 1. The van der Waals surface area contributed by atoms with Crippen molar-refractivity contribution in [1.82, 2.24) is 9.97 Å². The number of Topliss-reactive ketones (excluding diaryl/α,β-unsaturated/α-hetero) is 1. The smallest absolute Gasteiger partial charge is 0.270 e. The second-order valence-electron chi connectivity index (χ2n) is 7.47. The Balaban J connectivity index is 1.47. The number of ether oxygens (including phenoxy) is 2. The van der Waals surface area contributed by atoms with Crippen molar-refractivity contribution < 1.29 is 14.3 Å². The molecule has 1 heterocycles. The van der Waals surface area contributed by atoms with Crippen LogP contribution >= 0.6 is 0 Å². The number of ketones is 1. The van der Waals surface area contributed by atoms with Gasteiger partial charge in [-0.05, 0) is 23.8 Å². The van der Waals surface area contributed by atoms with Crippen molar-refractivity contribution in [3.05, 3.63) is 106 Å². The van der Waals surface area contributed by atoms with E-state index in [1.165, 1.54) is 13.3 Å². The molecule has 0 spiro atoms.